The van der Waals surface area contributed by atoms with E-state index in [4.69, 9.17) is 4.74 Å². The number of hydrogen-bond donors (Lipinski definition) is 1. The highest BCUT2D eigenvalue weighted by molar-refractivity contribution is 7.09. The number of aliphatic hydroxyl groups is 1. The zero-order valence-corrected chi connectivity index (χ0v) is 19.7. The second kappa shape index (κ2) is 10.7. The number of amides is 1. The molecular formula is C27H26FNO4S. The summed E-state index contributed by atoms with van der Waals surface area (Å²) in [7, 11) is 0. The third-order valence-corrected chi connectivity index (χ3v) is 6.65. The summed E-state index contributed by atoms with van der Waals surface area (Å²) < 4.78 is 20.6. The summed E-state index contributed by atoms with van der Waals surface area (Å²) in [6.45, 7) is 2.86. The minimum atomic E-state index is -1.03. The van der Waals surface area contributed by atoms with Crippen molar-refractivity contribution in [2.75, 3.05) is 6.61 Å². The van der Waals surface area contributed by atoms with Gasteiger partial charge in [0.15, 0.2) is 0 Å². The molecule has 0 spiro atoms. The summed E-state index contributed by atoms with van der Waals surface area (Å²) >= 11 is 1.44. The molecule has 1 unspecified atom stereocenters. The van der Waals surface area contributed by atoms with E-state index in [1.165, 1.54) is 28.4 Å². The lowest BCUT2D eigenvalue weighted by molar-refractivity contribution is -0.140. The first kappa shape index (κ1) is 23.7. The van der Waals surface area contributed by atoms with E-state index in [9.17, 15) is 19.1 Å². The Bertz CT molecular complexity index is 1190. The van der Waals surface area contributed by atoms with Crippen molar-refractivity contribution in [1.29, 1.82) is 0 Å². The number of ketones is 1. The van der Waals surface area contributed by atoms with Crippen LogP contribution in [0.1, 0.15) is 48.2 Å². The van der Waals surface area contributed by atoms with Crippen LogP contribution >= 0.6 is 11.3 Å². The highest BCUT2D eigenvalue weighted by Crippen LogP contribution is 2.41. The fraction of sp³-hybridized carbons (Fsp3) is 0.259. The average molecular weight is 480 g/mol. The number of likely N-dealkylation sites (tertiary alicyclic amines) is 1. The van der Waals surface area contributed by atoms with E-state index in [1.807, 2.05) is 17.5 Å². The number of ether oxygens (including phenoxy) is 1. The zero-order chi connectivity index (χ0) is 24.1. The molecule has 4 rings (SSSR count). The SMILES string of the molecule is CCCCCOc1ccc(/C(O)=C2/C(=O)C(=O)N(Cc3cccs3)C2c2ccccc2F)cc1. The van der Waals surface area contributed by atoms with Crippen LogP contribution in [0.2, 0.25) is 0 Å². The highest BCUT2D eigenvalue weighted by atomic mass is 32.1. The molecule has 1 fully saturated rings. The van der Waals surface area contributed by atoms with E-state index < -0.39 is 23.5 Å². The Morgan fingerprint density at radius 3 is 2.50 bits per heavy atom. The van der Waals surface area contributed by atoms with Gasteiger partial charge in [-0.1, -0.05) is 44.0 Å². The minimum absolute atomic E-state index is 0.122. The van der Waals surface area contributed by atoms with Crippen LogP contribution in [0, 0.1) is 5.82 Å². The average Bonchev–Trinajstić information content (AvgIpc) is 3.45. The van der Waals surface area contributed by atoms with Crippen LogP contribution in [0.15, 0.2) is 71.6 Å². The highest BCUT2D eigenvalue weighted by Gasteiger charge is 2.47. The van der Waals surface area contributed by atoms with Crippen LogP contribution in [-0.2, 0) is 16.1 Å². The normalized spacial score (nSPS) is 17.4. The molecule has 1 aromatic heterocycles. The Kier molecular flexibility index (Phi) is 7.43. The number of rotatable bonds is 9. The molecule has 0 aliphatic carbocycles. The number of Topliss-reactive ketones (excluding diaryl/α,β-unsaturated/α-hetero) is 1. The second-order valence-corrected chi connectivity index (χ2v) is 9.14. The molecule has 2 heterocycles. The summed E-state index contributed by atoms with van der Waals surface area (Å²) in [5.41, 5.74) is 0.398. The summed E-state index contributed by atoms with van der Waals surface area (Å²) in [6, 6.07) is 15.4. The molecule has 7 heteroatoms. The lowest BCUT2D eigenvalue weighted by Crippen LogP contribution is -2.29. The number of benzene rings is 2. The van der Waals surface area contributed by atoms with E-state index in [0.29, 0.717) is 17.9 Å². The van der Waals surface area contributed by atoms with Crippen molar-refractivity contribution in [1.82, 2.24) is 4.90 Å². The number of hydrogen-bond acceptors (Lipinski definition) is 5. The van der Waals surface area contributed by atoms with Crippen molar-refractivity contribution in [3.63, 3.8) is 0 Å². The van der Waals surface area contributed by atoms with E-state index in [0.717, 1.165) is 24.1 Å². The molecular weight excluding hydrogens is 453 g/mol. The largest absolute Gasteiger partial charge is 0.507 e. The van der Waals surface area contributed by atoms with Gasteiger partial charge in [0.25, 0.3) is 11.7 Å². The number of carbonyl (C=O) groups excluding carboxylic acids is 2. The fourth-order valence-electron chi connectivity index (χ4n) is 4.04. The number of halogens is 1. The number of unbranched alkanes of at least 4 members (excludes halogenated alkanes) is 2. The summed E-state index contributed by atoms with van der Waals surface area (Å²) in [5.74, 6) is -1.83. The summed E-state index contributed by atoms with van der Waals surface area (Å²) in [6.07, 6.45) is 3.14. The lowest BCUT2D eigenvalue weighted by Gasteiger charge is -2.25. The molecule has 5 nitrogen and oxygen atoms in total. The van der Waals surface area contributed by atoms with Crippen LogP contribution in [0.5, 0.6) is 5.75 Å². The van der Waals surface area contributed by atoms with Gasteiger partial charge in [0.1, 0.15) is 17.3 Å². The molecule has 0 saturated carbocycles. The molecule has 2 aromatic carbocycles. The quantitative estimate of drug-likeness (QED) is 0.175. The first-order chi connectivity index (χ1) is 16.5. The van der Waals surface area contributed by atoms with Gasteiger partial charge in [0.05, 0.1) is 24.8 Å². The molecule has 34 heavy (non-hydrogen) atoms. The van der Waals surface area contributed by atoms with Crippen molar-refractivity contribution >= 4 is 28.8 Å². The van der Waals surface area contributed by atoms with Crippen molar-refractivity contribution in [2.24, 2.45) is 0 Å². The van der Waals surface area contributed by atoms with Gasteiger partial charge in [0, 0.05) is 16.0 Å². The molecule has 3 aromatic rings. The number of nitrogens with zero attached hydrogens (tertiary/aromatic N) is 1. The Morgan fingerprint density at radius 1 is 1.06 bits per heavy atom. The van der Waals surface area contributed by atoms with E-state index in [2.05, 4.69) is 6.92 Å². The van der Waals surface area contributed by atoms with Gasteiger partial charge in [-0.15, -0.1) is 11.3 Å². The van der Waals surface area contributed by atoms with Crippen molar-refractivity contribution < 1.29 is 23.8 Å². The van der Waals surface area contributed by atoms with Gasteiger partial charge < -0.3 is 14.7 Å². The predicted octanol–water partition coefficient (Wildman–Crippen LogP) is 6.08. The van der Waals surface area contributed by atoms with Crippen LogP contribution in [0.4, 0.5) is 4.39 Å². The first-order valence-electron chi connectivity index (χ1n) is 11.3. The second-order valence-electron chi connectivity index (χ2n) is 8.11. The molecule has 1 atom stereocenters. The fourth-order valence-corrected chi connectivity index (χ4v) is 4.74. The van der Waals surface area contributed by atoms with Gasteiger partial charge in [-0.25, -0.2) is 4.39 Å². The van der Waals surface area contributed by atoms with E-state index in [1.54, 1.807) is 36.4 Å². The third kappa shape index (κ3) is 4.89. The maximum absolute atomic E-state index is 14.8. The topological polar surface area (TPSA) is 66.8 Å². The lowest BCUT2D eigenvalue weighted by atomic mass is 9.95. The molecule has 1 saturated heterocycles. The maximum Gasteiger partial charge on any atom is 0.295 e. The van der Waals surface area contributed by atoms with Crippen LogP contribution in [-0.4, -0.2) is 28.3 Å². The Labute approximate surface area is 202 Å². The molecule has 176 valence electrons. The third-order valence-electron chi connectivity index (χ3n) is 5.79. The van der Waals surface area contributed by atoms with Crippen LogP contribution in [0.25, 0.3) is 5.76 Å². The minimum Gasteiger partial charge on any atom is -0.507 e. The monoisotopic (exact) mass is 479 g/mol. The Balaban J connectivity index is 1.71. The van der Waals surface area contributed by atoms with Gasteiger partial charge in [0.2, 0.25) is 0 Å². The molecule has 1 aliphatic heterocycles. The predicted molar refractivity (Wildman–Crippen MR) is 130 cm³/mol. The van der Waals surface area contributed by atoms with E-state index >= 15 is 0 Å². The molecule has 0 bridgehead atoms. The molecule has 0 radical (unpaired) electrons. The number of aliphatic hydroxyl groups excluding tert-OH is 1. The first-order valence-corrected chi connectivity index (χ1v) is 12.2. The molecule has 1 amide bonds. The summed E-state index contributed by atoms with van der Waals surface area (Å²) in [5, 5.41) is 13.0. The molecule has 1 aliphatic rings. The van der Waals surface area contributed by atoms with Crippen molar-refractivity contribution in [3.8, 4) is 5.75 Å². The van der Waals surface area contributed by atoms with Gasteiger partial charge in [-0.05, 0) is 48.2 Å². The van der Waals surface area contributed by atoms with Crippen LogP contribution in [0.3, 0.4) is 0 Å². The van der Waals surface area contributed by atoms with Crippen LogP contribution < -0.4 is 4.74 Å². The van der Waals surface area contributed by atoms with Gasteiger partial charge in [-0.2, -0.15) is 0 Å². The number of carbonyl (C=O) groups is 2. The van der Waals surface area contributed by atoms with E-state index in [-0.39, 0.29) is 23.4 Å². The zero-order valence-electron chi connectivity index (χ0n) is 18.9. The Hall–Kier alpha value is -3.45. The van der Waals surface area contributed by atoms with Crippen molar-refractivity contribution in [3.05, 3.63) is 93.4 Å². The van der Waals surface area contributed by atoms with Gasteiger partial charge in [-0.3, -0.25) is 9.59 Å². The van der Waals surface area contributed by atoms with Gasteiger partial charge >= 0.3 is 0 Å². The maximum atomic E-state index is 14.8. The standard InChI is InChI=1S/C27H26FNO4S/c1-2-3-6-15-33-19-13-11-18(12-14-19)25(30)23-24(21-9-4-5-10-22(21)28)29(27(32)26(23)31)17-20-8-7-16-34-20/h4-5,7-14,16,24,30H,2-3,6,15,17H2,1H3/b25-23-. The molecule has 1 N–H and O–H groups in total. The Morgan fingerprint density at radius 2 is 1.82 bits per heavy atom. The summed E-state index contributed by atoms with van der Waals surface area (Å²) in [4.78, 5) is 28.2. The smallest absolute Gasteiger partial charge is 0.295 e. The number of thiophene rings is 1. The van der Waals surface area contributed by atoms with Crippen molar-refractivity contribution in [2.45, 2.75) is 38.8 Å².